The van der Waals surface area contributed by atoms with Crippen molar-refractivity contribution < 1.29 is 28.3 Å². The van der Waals surface area contributed by atoms with Crippen molar-refractivity contribution in [2.24, 2.45) is 0 Å². The van der Waals surface area contributed by atoms with E-state index >= 15 is 0 Å². The van der Waals surface area contributed by atoms with Crippen LogP contribution in [0.4, 0.5) is 5.69 Å². The molecule has 0 bridgehead atoms. The predicted octanol–water partition coefficient (Wildman–Crippen LogP) is 2.14. The van der Waals surface area contributed by atoms with Gasteiger partial charge in [0, 0.05) is 24.2 Å². The molecule has 0 aliphatic carbocycles. The van der Waals surface area contributed by atoms with Crippen molar-refractivity contribution in [3.63, 3.8) is 0 Å². The van der Waals surface area contributed by atoms with E-state index in [4.69, 9.17) is 15.8 Å². The number of anilines is 1. The number of hydrogen-bond acceptors (Lipinski definition) is 6. The predicted molar refractivity (Wildman–Crippen MR) is 84.6 cm³/mol. The van der Waals surface area contributed by atoms with Crippen LogP contribution in [0.2, 0.25) is 0 Å². The van der Waals surface area contributed by atoms with Crippen LogP contribution < -0.4 is 5.09 Å². The summed E-state index contributed by atoms with van der Waals surface area (Å²) in [6.45, 7) is 1.84. The molecule has 1 saturated heterocycles. The first-order valence-electron chi connectivity index (χ1n) is 7.07. The second kappa shape index (κ2) is 7.30. The standard InChI is InChI=1S/C15H15N2O6P/c1-3-22-24(21,4-2)16-12-7-5-11(6-8-12)15(20)23-17-13(18)9-10-14(17)19/h2,5-8H,3,9-10H2,1H3,(H,16,21). The van der Waals surface area contributed by atoms with Crippen LogP contribution in [0.5, 0.6) is 0 Å². The van der Waals surface area contributed by atoms with Crippen LogP contribution in [0.1, 0.15) is 30.1 Å². The highest BCUT2D eigenvalue weighted by Gasteiger charge is 2.33. The van der Waals surface area contributed by atoms with Gasteiger partial charge in [-0.1, -0.05) is 0 Å². The Morgan fingerprint density at radius 2 is 1.88 bits per heavy atom. The lowest BCUT2D eigenvalue weighted by Gasteiger charge is -2.15. The third-order valence-electron chi connectivity index (χ3n) is 3.06. The molecule has 1 fully saturated rings. The number of rotatable bonds is 6. The van der Waals surface area contributed by atoms with E-state index in [0.717, 1.165) is 0 Å². The lowest BCUT2D eigenvalue weighted by molar-refractivity contribution is -0.172. The minimum Gasteiger partial charge on any atom is -0.325 e. The van der Waals surface area contributed by atoms with Gasteiger partial charge in [-0.2, -0.15) is 0 Å². The van der Waals surface area contributed by atoms with Crippen molar-refractivity contribution >= 4 is 31.0 Å². The molecule has 2 rings (SSSR count). The van der Waals surface area contributed by atoms with Gasteiger partial charge in [-0.3, -0.25) is 14.2 Å². The summed E-state index contributed by atoms with van der Waals surface area (Å²) >= 11 is 0. The van der Waals surface area contributed by atoms with E-state index in [2.05, 4.69) is 10.7 Å². The molecular weight excluding hydrogens is 335 g/mol. The molecule has 0 aromatic heterocycles. The van der Waals surface area contributed by atoms with Crippen LogP contribution in [0.15, 0.2) is 24.3 Å². The fourth-order valence-corrected chi connectivity index (χ4v) is 2.98. The number of benzene rings is 1. The zero-order valence-corrected chi connectivity index (χ0v) is 13.7. The number of hydroxylamine groups is 2. The van der Waals surface area contributed by atoms with Gasteiger partial charge in [0.05, 0.1) is 12.2 Å². The monoisotopic (exact) mass is 350 g/mol. The maximum atomic E-state index is 12.1. The molecule has 8 nitrogen and oxygen atoms in total. The van der Waals surface area contributed by atoms with Crippen molar-refractivity contribution in [3.05, 3.63) is 29.8 Å². The summed E-state index contributed by atoms with van der Waals surface area (Å²) in [5.41, 5.74) is 2.57. The van der Waals surface area contributed by atoms with Crippen molar-refractivity contribution in [1.29, 1.82) is 0 Å². The highest BCUT2D eigenvalue weighted by Crippen LogP contribution is 2.45. The summed E-state index contributed by atoms with van der Waals surface area (Å²) < 4.78 is 17.1. The van der Waals surface area contributed by atoms with E-state index in [1.165, 1.54) is 24.3 Å². The van der Waals surface area contributed by atoms with Gasteiger partial charge in [0.15, 0.2) is 0 Å². The quantitative estimate of drug-likeness (QED) is 0.476. The molecule has 1 atom stereocenters. The molecule has 1 unspecified atom stereocenters. The largest absolute Gasteiger partial charge is 0.367 e. The van der Waals surface area contributed by atoms with E-state index in [-0.39, 0.29) is 25.0 Å². The maximum absolute atomic E-state index is 12.1. The number of imide groups is 1. The third-order valence-corrected chi connectivity index (χ3v) is 4.57. The SMILES string of the molecule is C#CP(=O)(Nc1ccc(C(=O)ON2C(=O)CCC2=O)cc1)OCC. The number of amides is 2. The summed E-state index contributed by atoms with van der Waals surface area (Å²) in [5, 5.41) is 3.05. The topological polar surface area (TPSA) is 102 Å². The summed E-state index contributed by atoms with van der Waals surface area (Å²) in [6, 6.07) is 5.66. The van der Waals surface area contributed by atoms with Gasteiger partial charge < -0.3 is 14.4 Å². The van der Waals surface area contributed by atoms with Gasteiger partial charge in [-0.25, -0.2) is 4.79 Å². The Bertz CT molecular complexity index is 736. The zero-order valence-electron chi connectivity index (χ0n) is 12.9. The minimum atomic E-state index is -3.44. The maximum Gasteiger partial charge on any atom is 0.367 e. The minimum absolute atomic E-state index is 0.0216. The van der Waals surface area contributed by atoms with Gasteiger partial charge in [0.25, 0.3) is 11.8 Å². The molecule has 1 aromatic rings. The molecule has 1 aromatic carbocycles. The Hall–Kier alpha value is -2.62. The van der Waals surface area contributed by atoms with E-state index in [9.17, 15) is 18.9 Å². The van der Waals surface area contributed by atoms with Crippen LogP contribution in [0.25, 0.3) is 0 Å². The van der Waals surface area contributed by atoms with Crippen molar-refractivity contribution in [3.8, 4) is 12.1 Å². The van der Waals surface area contributed by atoms with E-state index in [1.807, 2.05) is 0 Å². The molecule has 2 amide bonds. The van der Waals surface area contributed by atoms with Gasteiger partial charge in [0.1, 0.15) is 0 Å². The highest BCUT2D eigenvalue weighted by molar-refractivity contribution is 7.65. The summed E-state index contributed by atoms with van der Waals surface area (Å²) in [5.74, 6) is -1.97. The Labute approximate surface area is 138 Å². The fraction of sp³-hybridized carbons (Fsp3) is 0.267. The average Bonchev–Trinajstić information content (AvgIpc) is 2.87. The number of carbonyl (C=O) groups is 3. The Balaban J connectivity index is 2.05. The first-order chi connectivity index (χ1) is 11.4. The average molecular weight is 350 g/mol. The normalized spacial score (nSPS) is 16.4. The van der Waals surface area contributed by atoms with Crippen LogP contribution in [-0.2, 0) is 23.5 Å². The van der Waals surface area contributed by atoms with Crippen molar-refractivity contribution in [2.45, 2.75) is 19.8 Å². The lowest BCUT2D eigenvalue weighted by Crippen LogP contribution is -2.32. The molecule has 1 N–H and O–H groups in total. The van der Waals surface area contributed by atoms with Gasteiger partial charge in [-0.05, 0) is 31.2 Å². The van der Waals surface area contributed by atoms with Crippen LogP contribution in [-0.4, -0.2) is 29.5 Å². The smallest absolute Gasteiger partial charge is 0.325 e. The molecular formula is C15H15N2O6P. The van der Waals surface area contributed by atoms with Crippen LogP contribution in [0, 0.1) is 12.1 Å². The second-order valence-corrected chi connectivity index (χ2v) is 6.59. The zero-order chi connectivity index (χ0) is 17.7. The summed E-state index contributed by atoms with van der Waals surface area (Å²) in [7, 11) is -3.44. The summed E-state index contributed by atoms with van der Waals surface area (Å²) in [4.78, 5) is 39.6. The number of nitrogens with one attached hydrogen (secondary N) is 1. The molecule has 0 saturated carbocycles. The van der Waals surface area contributed by atoms with Crippen molar-refractivity contribution in [1.82, 2.24) is 5.06 Å². The Morgan fingerprint density at radius 3 is 2.38 bits per heavy atom. The molecule has 1 aliphatic heterocycles. The molecule has 1 aliphatic rings. The molecule has 0 spiro atoms. The molecule has 1 heterocycles. The van der Waals surface area contributed by atoms with E-state index < -0.39 is 25.3 Å². The number of hydrogen-bond donors (Lipinski definition) is 1. The molecule has 126 valence electrons. The van der Waals surface area contributed by atoms with Crippen molar-refractivity contribution in [2.75, 3.05) is 11.7 Å². The number of carbonyl (C=O) groups excluding carboxylic acids is 3. The van der Waals surface area contributed by atoms with Gasteiger partial charge >= 0.3 is 13.5 Å². The van der Waals surface area contributed by atoms with Crippen LogP contribution in [0.3, 0.4) is 0 Å². The van der Waals surface area contributed by atoms with Gasteiger partial charge in [-0.15, -0.1) is 11.5 Å². The third kappa shape index (κ3) is 4.02. The Morgan fingerprint density at radius 1 is 1.29 bits per heavy atom. The highest BCUT2D eigenvalue weighted by atomic mass is 31.2. The van der Waals surface area contributed by atoms with E-state index in [0.29, 0.717) is 10.8 Å². The van der Waals surface area contributed by atoms with Crippen LogP contribution >= 0.6 is 7.52 Å². The first kappa shape index (κ1) is 17.7. The fourth-order valence-electron chi connectivity index (χ4n) is 1.93. The lowest BCUT2D eigenvalue weighted by atomic mass is 10.2. The number of terminal acetylenes is 1. The number of nitrogens with zero attached hydrogens (tertiary/aromatic N) is 1. The summed E-state index contributed by atoms with van der Waals surface area (Å²) in [6.07, 6.45) is 5.24. The molecule has 0 radical (unpaired) electrons. The molecule has 24 heavy (non-hydrogen) atoms. The van der Waals surface area contributed by atoms with E-state index in [1.54, 1.807) is 6.92 Å². The second-order valence-electron chi connectivity index (χ2n) is 4.75. The van der Waals surface area contributed by atoms with Gasteiger partial charge in [0.2, 0.25) is 0 Å². The first-order valence-corrected chi connectivity index (χ1v) is 8.70. The molecule has 9 heteroatoms. The Kier molecular flexibility index (Phi) is 5.39.